The Balaban J connectivity index is 5.16. The first-order valence-electron chi connectivity index (χ1n) is 8.14. The van der Waals surface area contributed by atoms with E-state index in [-0.39, 0.29) is 17.6 Å². The van der Waals surface area contributed by atoms with Gasteiger partial charge in [0, 0.05) is 54.7 Å². The standard InChI is InChI=1S/C14H36N2O6Si2/c1-9-14(24(20-6,21-7)22-8)16-12(2)13(10-15)11-23(17-3,18-4)19-5/h12-14,16H,9-11,15H2,1-8H3. The summed E-state index contributed by atoms with van der Waals surface area (Å²) < 4.78 is 33.4. The Morgan fingerprint density at radius 2 is 1.33 bits per heavy atom. The molecule has 0 spiro atoms. The Hall–Kier alpha value is 0.114. The zero-order chi connectivity index (χ0) is 18.8. The lowest BCUT2D eigenvalue weighted by Gasteiger charge is -2.37. The molecule has 146 valence electrons. The fourth-order valence-electron chi connectivity index (χ4n) is 2.89. The summed E-state index contributed by atoms with van der Waals surface area (Å²) in [7, 11) is 4.20. The third kappa shape index (κ3) is 5.83. The number of hydrogen-bond acceptors (Lipinski definition) is 8. The van der Waals surface area contributed by atoms with Gasteiger partial charge in [-0.2, -0.15) is 0 Å². The molecule has 0 aromatic rings. The summed E-state index contributed by atoms with van der Waals surface area (Å²) >= 11 is 0. The van der Waals surface area contributed by atoms with Crippen LogP contribution in [0, 0.1) is 5.92 Å². The van der Waals surface area contributed by atoms with Crippen LogP contribution >= 0.6 is 0 Å². The largest absolute Gasteiger partial charge is 0.518 e. The average molecular weight is 385 g/mol. The van der Waals surface area contributed by atoms with Crippen LogP contribution in [0.4, 0.5) is 0 Å². The van der Waals surface area contributed by atoms with Gasteiger partial charge in [-0.25, -0.2) is 0 Å². The molecule has 0 rings (SSSR count). The Labute approximate surface area is 149 Å². The Kier molecular flexibility index (Phi) is 11.7. The van der Waals surface area contributed by atoms with E-state index in [0.29, 0.717) is 12.6 Å². The van der Waals surface area contributed by atoms with Crippen LogP contribution in [0.5, 0.6) is 0 Å². The smallest absolute Gasteiger partial charge is 0.377 e. The van der Waals surface area contributed by atoms with Crippen LogP contribution in [0.15, 0.2) is 0 Å². The Bertz CT molecular complexity index is 316. The Morgan fingerprint density at radius 1 is 0.875 bits per heavy atom. The van der Waals surface area contributed by atoms with Crippen LogP contribution in [0.25, 0.3) is 0 Å². The zero-order valence-electron chi connectivity index (χ0n) is 16.4. The maximum Gasteiger partial charge on any atom is 0.518 e. The Morgan fingerprint density at radius 3 is 1.62 bits per heavy atom. The molecular weight excluding hydrogens is 348 g/mol. The van der Waals surface area contributed by atoms with Gasteiger partial charge >= 0.3 is 17.6 Å². The molecule has 0 radical (unpaired) electrons. The molecule has 0 aliphatic rings. The van der Waals surface area contributed by atoms with Crippen molar-refractivity contribution in [3.8, 4) is 0 Å². The van der Waals surface area contributed by atoms with Gasteiger partial charge in [0.1, 0.15) is 0 Å². The van der Waals surface area contributed by atoms with E-state index < -0.39 is 17.6 Å². The van der Waals surface area contributed by atoms with Crippen LogP contribution in [0.3, 0.4) is 0 Å². The van der Waals surface area contributed by atoms with E-state index in [9.17, 15) is 0 Å². The first kappa shape index (κ1) is 24.1. The maximum atomic E-state index is 6.00. The molecule has 3 unspecified atom stereocenters. The molecule has 24 heavy (non-hydrogen) atoms. The van der Waals surface area contributed by atoms with E-state index in [2.05, 4.69) is 19.2 Å². The lowest BCUT2D eigenvalue weighted by Crippen LogP contribution is -2.63. The molecule has 0 heterocycles. The SMILES string of the molecule is CCC(NC(C)C(CN)C[Si](OC)(OC)OC)[Si](OC)(OC)OC. The van der Waals surface area contributed by atoms with Crippen molar-refractivity contribution in [2.75, 3.05) is 49.2 Å². The normalized spacial score (nSPS) is 16.9. The van der Waals surface area contributed by atoms with Crippen LogP contribution in [0.2, 0.25) is 6.04 Å². The van der Waals surface area contributed by atoms with Gasteiger partial charge in [0.2, 0.25) is 0 Å². The van der Waals surface area contributed by atoms with Gasteiger partial charge in [-0.15, -0.1) is 0 Å². The van der Waals surface area contributed by atoms with Gasteiger partial charge in [-0.3, -0.25) is 0 Å². The van der Waals surface area contributed by atoms with Gasteiger partial charge in [0.25, 0.3) is 0 Å². The molecule has 8 nitrogen and oxygen atoms in total. The van der Waals surface area contributed by atoms with Crippen LogP contribution in [0.1, 0.15) is 20.3 Å². The highest BCUT2D eigenvalue weighted by atomic mass is 28.4. The molecule has 3 N–H and O–H groups in total. The lowest BCUT2D eigenvalue weighted by molar-refractivity contribution is 0.0999. The van der Waals surface area contributed by atoms with Crippen molar-refractivity contribution in [2.24, 2.45) is 11.7 Å². The number of nitrogens with two attached hydrogens (primary N) is 1. The first-order chi connectivity index (χ1) is 11.4. The van der Waals surface area contributed by atoms with Crippen molar-refractivity contribution in [2.45, 2.75) is 38.0 Å². The predicted octanol–water partition coefficient (Wildman–Crippen LogP) is 0.613. The summed E-state index contributed by atoms with van der Waals surface area (Å²) in [6.07, 6.45) is 0.810. The second-order valence-corrected chi connectivity index (χ2v) is 11.8. The van der Waals surface area contributed by atoms with Crippen LogP contribution in [-0.4, -0.2) is 78.5 Å². The molecule has 0 bridgehead atoms. The minimum absolute atomic E-state index is 0.0368. The highest BCUT2D eigenvalue weighted by Crippen LogP contribution is 2.23. The van der Waals surface area contributed by atoms with E-state index in [4.69, 9.17) is 32.3 Å². The minimum atomic E-state index is -2.79. The molecule has 10 heteroatoms. The monoisotopic (exact) mass is 384 g/mol. The molecule has 0 aliphatic carbocycles. The van der Waals surface area contributed by atoms with Crippen LogP contribution in [-0.2, 0) is 26.6 Å². The van der Waals surface area contributed by atoms with E-state index in [1.165, 1.54) is 0 Å². The van der Waals surface area contributed by atoms with Crippen molar-refractivity contribution in [3.63, 3.8) is 0 Å². The van der Waals surface area contributed by atoms with E-state index in [0.717, 1.165) is 6.42 Å². The van der Waals surface area contributed by atoms with Crippen molar-refractivity contribution < 1.29 is 26.6 Å². The summed E-state index contributed by atoms with van der Waals surface area (Å²) in [6.45, 7) is 4.64. The first-order valence-corrected chi connectivity index (χ1v) is 11.9. The van der Waals surface area contributed by atoms with Gasteiger partial charge in [-0.1, -0.05) is 6.92 Å². The summed E-state index contributed by atoms with van der Waals surface area (Å²) in [5.74, 6) is 0.114. The zero-order valence-corrected chi connectivity index (χ0v) is 18.4. The van der Waals surface area contributed by atoms with Gasteiger partial charge < -0.3 is 37.6 Å². The molecular formula is C14H36N2O6Si2. The van der Waals surface area contributed by atoms with Crippen molar-refractivity contribution >= 4 is 17.6 Å². The molecule has 0 saturated carbocycles. The highest BCUT2D eigenvalue weighted by molar-refractivity contribution is 6.62. The van der Waals surface area contributed by atoms with Crippen molar-refractivity contribution in [1.82, 2.24) is 5.32 Å². The molecule has 0 amide bonds. The fourth-order valence-corrected chi connectivity index (χ4v) is 7.37. The molecule has 0 fully saturated rings. The van der Waals surface area contributed by atoms with E-state index in [1.54, 1.807) is 42.7 Å². The number of hydrogen-bond donors (Lipinski definition) is 2. The fraction of sp³-hybridized carbons (Fsp3) is 1.00. The van der Waals surface area contributed by atoms with Crippen molar-refractivity contribution in [3.05, 3.63) is 0 Å². The molecule has 0 aromatic carbocycles. The third-order valence-electron chi connectivity index (χ3n) is 4.61. The predicted molar refractivity (Wildman–Crippen MR) is 97.6 cm³/mol. The molecule has 0 aromatic heterocycles. The number of rotatable bonds is 14. The highest BCUT2D eigenvalue weighted by Gasteiger charge is 2.48. The lowest BCUT2D eigenvalue weighted by atomic mass is 10.0. The average Bonchev–Trinajstić information content (AvgIpc) is 2.64. The van der Waals surface area contributed by atoms with Gasteiger partial charge in [0.15, 0.2) is 0 Å². The summed E-state index contributed by atoms with van der Waals surface area (Å²) in [6, 6.07) is 0.707. The van der Waals surface area contributed by atoms with Crippen LogP contribution < -0.4 is 11.1 Å². The minimum Gasteiger partial charge on any atom is -0.377 e. The maximum absolute atomic E-state index is 6.00. The molecule has 0 aliphatic heterocycles. The van der Waals surface area contributed by atoms with Crippen molar-refractivity contribution in [1.29, 1.82) is 0 Å². The van der Waals surface area contributed by atoms with E-state index >= 15 is 0 Å². The molecule has 3 atom stereocenters. The topological polar surface area (TPSA) is 93.4 Å². The second-order valence-electron chi connectivity index (χ2n) is 5.63. The summed E-state index contributed by atoms with van der Waals surface area (Å²) in [5.41, 5.74) is 5.97. The van der Waals surface area contributed by atoms with Gasteiger partial charge in [-0.05, 0) is 25.8 Å². The number of nitrogens with one attached hydrogen (secondary N) is 1. The van der Waals surface area contributed by atoms with Gasteiger partial charge in [0.05, 0.1) is 5.67 Å². The third-order valence-corrected chi connectivity index (χ3v) is 10.6. The quantitative estimate of drug-likeness (QED) is 0.421. The van der Waals surface area contributed by atoms with E-state index in [1.807, 2.05) is 0 Å². The summed E-state index contributed by atoms with van der Waals surface area (Å²) in [4.78, 5) is 0. The molecule has 0 saturated heterocycles. The second kappa shape index (κ2) is 11.7. The summed E-state index contributed by atoms with van der Waals surface area (Å²) in [5, 5.41) is 3.57.